The average Bonchev–Trinajstić information content (AvgIpc) is 2.24. The molecule has 0 saturated carbocycles. The summed E-state index contributed by atoms with van der Waals surface area (Å²) in [5, 5.41) is 8.82. The van der Waals surface area contributed by atoms with E-state index in [4.69, 9.17) is 18.8 Å². The van der Waals surface area contributed by atoms with Gasteiger partial charge in [0.2, 0.25) is 0 Å². The number of nitrogens with zero attached hydrogens (tertiary/aromatic N) is 1. The van der Waals surface area contributed by atoms with E-state index in [1.165, 1.54) is 0 Å². The van der Waals surface area contributed by atoms with Crippen molar-refractivity contribution in [1.29, 1.82) is 5.26 Å². The van der Waals surface area contributed by atoms with E-state index < -0.39 is 8.60 Å². The maximum atomic E-state index is 8.82. The Morgan fingerprint density at radius 2 is 1.81 bits per heavy atom. The third kappa shape index (κ3) is 5.58. The minimum absolute atomic E-state index is 0.165. The Labute approximate surface area is 99.2 Å². The SMILES string of the molecule is C=C(C#N)C(OP(OCC)OCC)C(C)C. The molecule has 0 aliphatic heterocycles. The van der Waals surface area contributed by atoms with Crippen LogP contribution in [0.2, 0.25) is 0 Å². The van der Waals surface area contributed by atoms with E-state index in [1.54, 1.807) is 0 Å². The van der Waals surface area contributed by atoms with Gasteiger partial charge in [-0.15, -0.1) is 0 Å². The van der Waals surface area contributed by atoms with E-state index in [2.05, 4.69) is 6.58 Å². The highest BCUT2D eigenvalue weighted by atomic mass is 31.2. The van der Waals surface area contributed by atoms with Gasteiger partial charge < -0.3 is 13.6 Å². The second-order valence-corrected chi connectivity index (χ2v) is 4.64. The molecule has 0 aromatic heterocycles. The molecule has 0 fully saturated rings. The Kier molecular flexibility index (Phi) is 8.42. The summed E-state index contributed by atoms with van der Waals surface area (Å²) >= 11 is 0. The van der Waals surface area contributed by atoms with Gasteiger partial charge in [-0.25, -0.2) is 0 Å². The molecule has 0 saturated heterocycles. The first kappa shape index (κ1) is 15.5. The second kappa shape index (κ2) is 8.66. The summed E-state index contributed by atoms with van der Waals surface area (Å²) < 4.78 is 16.3. The first-order chi connectivity index (χ1) is 7.56. The average molecular weight is 245 g/mol. The molecule has 0 spiro atoms. The summed E-state index contributed by atoms with van der Waals surface area (Å²) in [6.45, 7) is 12.4. The van der Waals surface area contributed by atoms with Gasteiger partial charge in [-0.2, -0.15) is 5.26 Å². The molecule has 0 aromatic rings. The van der Waals surface area contributed by atoms with Crippen molar-refractivity contribution < 1.29 is 13.6 Å². The van der Waals surface area contributed by atoms with Crippen molar-refractivity contribution in [3.8, 4) is 6.07 Å². The Bertz CT molecular complexity index is 244. The molecule has 4 nitrogen and oxygen atoms in total. The Balaban J connectivity index is 4.45. The molecule has 0 heterocycles. The standard InChI is InChI=1S/C11H20NO3P/c1-6-13-16(14-7-2)15-11(9(3)4)10(5)8-12/h9,11H,5-7H2,1-4H3. The number of nitriles is 1. The fourth-order valence-corrected chi connectivity index (χ4v) is 2.23. The van der Waals surface area contributed by atoms with Gasteiger partial charge in [0.1, 0.15) is 6.10 Å². The fourth-order valence-electron chi connectivity index (χ4n) is 1.05. The molecule has 0 N–H and O–H groups in total. The number of hydrogen-bond acceptors (Lipinski definition) is 4. The lowest BCUT2D eigenvalue weighted by Gasteiger charge is -2.24. The first-order valence-corrected chi connectivity index (χ1v) is 6.47. The van der Waals surface area contributed by atoms with Crippen LogP contribution in [0.5, 0.6) is 0 Å². The van der Waals surface area contributed by atoms with Crippen LogP contribution in [0.15, 0.2) is 12.2 Å². The lowest BCUT2D eigenvalue weighted by Crippen LogP contribution is -2.20. The molecule has 0 aromatic carbocycles. The topological polar surface area (TPSA) is 51.5 Å². The predicted octanol–water partition coefficient (Wildman–Crippen LogP) is 3.41. The maximum absolute atomic E-state index is 8.82. The summed E-state index contributed by atoms with van der Waals surface area (Å²) in [7, 11) is -1.38. The molecule has 5 heteroatoms. The van der Waals surface area contributed by atoms with E-state index in [0.717, 1.165) is 0 Å². The third-order valence-corrected chi connectivity index (χ3v) is 3.10. The normalized spacial score (nSPS) is 12.8. The van der Waals surface area contributed by atoms with Crippen molar-refractivity contribution >= 4 is 8.60 Å². The van der Waals surface area contributed by atoms with Gasteiger partial charge in [-0.1, -0.05) is 20.4 Å². The number of hydrogen-bond donors (Lipinski definition) is 0. The Morgan fingerprint density at radius 3 is 2.12 bits per heavy atom. The van der Waals surface area contributed by atoms with Crippen LogP contribution in [0.25, 0.3) is 0 Å². The molecule has 0 aliphatic carbocycles. The van der Waals surface area contributed by atoms with Crippen LogP contribution in [0.1, 0.15) is 27.7 Å². The summed E-state index contributed by atoms with van der Waals surface area (Å²) in [4.78, 5) is 0. The van der Waals surface area contributed by atoms with Gasteiger partial charge in [0.05, 0.1) is 24.9 Å². The van der Waals surface area contributed by atoms with Crippen LogP contribution in [0, 0.1) is 17.2 Å². The molecular weight excluding hydrogens is 225 g/mol. The minimum atomic E-state index is -1.38. The molecule has 0 aliphatic rings. The van der Waals surface area contributed by atoms with Gasteiger partial charge in [-0.05, 0) is 19.8 Å². The van der Waals surface area contributed by atoms with Crippen LogP contribution >= 0.6 is 8.60 Å². The van der Waals surface area contributed by atoms with Crippen molar-refractivity contribution in [3.05, 3.63) is 12.2 Å². The zero-order valence-corrected chi connectivity index (χ0v) is 11.3. The van der Waals surface area contributed by atoms with Crippen molar-refractivity contribution in [2.75, 3.05) is 13.2 Å². The predicted molar refractivity (Wildman–Crippen MR) is 64.6 cm³/mol. The zero-order valence-electron chi connectivity index (χ0n) is 10.4. The summed E-state index contributed by atoms with van der Waals surface area (Å²) in [5.74, 6) is 0.165. The Morgan fingerprint density at radius 1 is 1.31 bits per heavy atom. The molecular formula is C11H20NO3P. The van der Waals surface area contributed by atoms with Crippen molar-refractivity contribution in [2.24, 2.45) is 5.92 Å². The van der Waals surface area contributed by atoms with E-state index in [9.17, 15) is 0 Å². The molecule has 0 amide bonds. The van der Waals surface area contributed by atoms with Crippen molar-refractivity contribution in [2.45, 2.75) is 33.8 Å². The van der Waals surface area contributed by atoms with Crippen molar-refractivity contribution in [1.82, 2.24) is 0 Å². The molecule has 0 bridgehead atoms. The fraction of sp³-hybridized carbons (Fsp3) is 0.727. The van der Waals surface area contributed by atoms with E-state index >= 15 is 0 Å². The van der Waals surface area contributed by atoms with Gasteiger partial charge in [0, 0.05) is 0 Å². The van der Waals surface area contributed by atoms with Crippen LogP contribution in [0.4, 0.5) is 0 Å². The van der Waals surface area contributed by atoms with E-state index in [-0.39, 0.29) is 12.0 Å². The van der Waals surface area contributed by atoms with Gasteiger partial charge >= 0.3 is 8.60 Å². The smallest absolute Gasteiger partial charge is 0.313 e. The first-order valence-electron chi connectivity index (χ1n) is 5.38. The van der Waals surface area contributed by atoms with E-state index in [0.29, 0.717) is 18.8 Å². The molecule has 92 valence electrons. The largest absolute Gasteiger partial charge is 0.333 e. The van der Waals surface area contributed by atoms with Gasteiger partial charge in [0.15, 0.2) is 0 Å². The van der Waals surface area contributed by atoms with Crippen LogP contribution in [0.3, 0.4) is 0 Å². The van der Waals surface area contributed by atoms with Crippen LogP contribution in [-0.2, 0) is 13.6 Å². The third-order valence-electron chi connectivity index (χ3n) is 1.76. The van der Waals surface area contributed by atoms with Crippen LogP contribution < -0.4 is 0 Å². The molecule has 16 heavy (non-hydrogen) atoms. The van der Waals surface area contributed by atoms with Crippen molar-refractivity contribution in [3.63, 3.8) is 0 Å². The maximum Gasteiger partial charge on any atom is 0.333 e. The highest BCUT2D eigenvalue weighted by molar-refractivity contribution is 7.41. The second-order valence-electron chi connectivity index (χ2n) is 3.47. The minimum Gasteiger partial charge on any atom is -0.313 e. The van der Waals surface area contributed by atoms with Crippen LogP contribution in [-0.4, -0.2) is 19.3 Å². The highest BCUT2D eigenvalue weighted by Crippen LogP contribution is 2.43. The molecule has 1 atom stereocenters. The lowest BCUT2D eigenvalue weighted by atomic mass is 10.0. The molecule has 1 unspecified atom stereocenters. The zero-order chi connectivity index (χ0) is 12.6. The molecule has 0 radical (unpaired) electrons. The van der Waals surface area contributed by atoms with Gasteiger partial charge in [-0.3, -0.25) is 0 Å². The highest BCUT2D eigenvalue weighted by Gasteiger charge is 2.24. The Hall–Kier alpha value is -0.460. The van der Waals surface area contributed by atoms with E-state index in [1.807, 2.05) is 33.8 Å². The molecule has 0 rings (SSSR count). The quantitative estimate of drug-likeness (QED) is 0.485. The lowest BCUT2D eigenvalue weighted by molar-refractivity contribution is 0.119. The summed E-state index contributed by atoms with van der Waals surface area (Å²) in [5.41, 5.74) is 0.405. The van der Waals surface area contributed by atoms with Gasteiger partial charge in [0.25, 0.3) is 0 Å². The summed E-state index contributed by atoms with van der Waals surface area (Å²) in [6, 6.07) is 2.02. The monoisotopic (exact) mass is 245 g/mol. The number of rotatable bonds is 8. The summed E-state index contributed by atoms with van der Waals surface area (Å²) in [6.07, 6.45) is -0.339.